The standard InChI is InChI=1S/C23H22BrN3/c1-3-16(2)17-8-10-21(11-9-17)27-15-18-6-4-5-7-22(18)26-23(27)19-12-20(24)14-25-13-19/h4-16,23H,3H2,1-2H3. The highest BCUT2D eigenvalue weighted by Gasteiger charge is 2.22. The highest BCUT2D eigenvalue weighted by Crippen LogP contribution is 2.31. The van der Waals surface area contributed by atoms with E-state index in [9.17, 15) is 0 Å². The second kappa shape index (κ2) is 7.65. The zero-order valence-corrected chi connectivity index (χ0v) is 17.1. The normalized spacial score (nSPS) is 16.9. The smallest absolute Gasteiger partial charge is 0.153 e. The molecule has 0 N–H and O–H groups in total. The van der Waals surface area contributed by atoms with E-state index in [-0.39, 0.29) is 6.17 Å². The Morgan fingerprint density at radius 2 is 1.85 bits per heavy atom. The summed E-state index contributed by atoms with van der Waals surface area (Å²) in [5, 5.41) is 2.14. The van der Waals surface area contributed by atoms with Gasteiger partial charge in [0, 0.05) is 39.5 Å². The monoisotopic (exact) mass is 419 g/mol. The minimum absolute atomic E-state index is 0.139. The van der Waals surface area contributed by atoms with E-state index >= 15 is 0 Å². The summed E-state index contributed by atoms with van der Waals surface area (Å²) in [5.74, 6) is 0.569. The van der Waals surface area contributed by atoms with Crippen LogP contribution in [0.1, 0.15) is 43.5 Å². The maximum atomic E-state index is 5.02. The van der Waals surface area contributed by atoms with Crippen LogP contribution in [0.2, 0.25) is 0 Å². The summed E-state index contributed by atoms with van der Waals surface area (Å²) in [7, 11) is 0. The molecule has 0 radical (unpaired) electrons. The van der Waals surface area contributed by atoms with Gasteiger partial charge in [0.25, 0.3) is 0 Å². The fraction of sp³-hybridized carbons (Fsp3) is 0.217. The number of nitrogens with zero attached hydrogens (tertiary/aromatic N) is 3. The summed E-state index contributed by atoms with van der Waals surface area (Å²) >= 11 is 3.54. The van der Waals surface area contributed by atoms with Crippen LogP contribution in [-0.4, -0.2) is 4.98 Å². The fourth-order valence-corrected chi connectivity index (χ4v) is 3.74. The topological polar surface area (TPSA) is 28.5 Å². The molecule has 3 nitrogen and oxygen atoms in total. The van der Waals surface area contributed by atoms with Crippen LogP contribution in [-0.2, 0) is 0 Å². The summed E-state index contributed by atoms with van der Waals surface area (Å²) in [6, 6.07) is 19.2. The van der Waals surface area contributed by atoms with E-state index in [0.29, 0.717) is 5.92 Å². The summed E-state index contributed by atoms with van der Waals surface area (Å²) in [6.07, 6.45) is 6.88. The van der Waals surface area contributed by atoms with Crippen molar-refractivity contribution in [2.75, 3.05) is 4.90 Å². The summed E-state index contributed by atoms with van der Waals surface area (Å²) in [6.45, 7) is 4.49. The van der Waals surface area contributed by atoms with E-state index in [1.807, 2.05) is 12.3 Å². The van der Waals surface area contributed by atoms with Crippen molar-refractivity contribution in [2.24, 2.45) is 4.99 Å². The Morgan fingerprint density at radius 3 is 2.59 bits per heavy atom. The van der Waals surface area contributed by atoms with Crippen molar-refractivity contribution in [1.82, 2.24) is 4.98 Å². The molecule has 0 spiro atoms. The average molecular weight is 420 g/mol. The predicted octanol–water partition coefficient (Wildman–Crippen LogP) is 4.93. The van der Waals surface area contributed by atoms with Gasteiger partial charge in [-0.25, -0.2) is 0 Å². The molecule has 0 fully saturated rings. The first-order valence-electron chi connectivity index (χ1n) is 9.29. The second-order valence-corrected chi connectivity index (χ2v) is 7.85. The van der Waals surface area contributed by atoms with Crippen molar-refractivity contribution >= 4 is 27.8 Å². The number of anilines is 1. The molecule has 4 heteroatoms. The Balaban J connectivity index is 1.81. The van der Waals surface area contributed by atoms with Gasteiger partial charge in [-0.2, -0.15) is 0 Å². The molecule has 1 aliphatic heterocycles. The largest absolute Gasteiger partial charge is 0.321 e. The Bertz CT molecular complexity index is 1060. The molecule has 3 aromatic rings. The van der Waals surface area contributed by atoms with Crippen LogP contribution in [0.5, 0.6) is 0 Å². The minimum Gasteiger partial charge on any atom is -0.321 e. The van der Waals surface area contributed by atoms with Gasteiger partial charge in [0.15, 0.2) is 6.17 Å². The van der Waals surface area contributed by atoms with Gasteiger partial charge in [-0.1, -0.05) is 44.2 Å². The van der Waals surface area contributed by atoms with Crippen LogP contribution in [0.25, 0.3) is 6.20 Å². The molecule has 2 atom stereocenters. The molecule has 4 rings (SSSR count). The van der Waals surface area contributed by atoms with Crippen molar-refractivity contribution in [1.29, 1.82) is 0 Å². The van der Waals surface area contributed by atoms with Gasteiger partial charge in [-0.15, -0.1) is 0 Å². The third-order valence-corrected chi connectivity index (χ3v) is 5.57. The molecule has 2 aromatic carbocycles. The third kappa shape index (κ3) is 3.67. The number of hydrogen-bond donors (Lipinski definition) is 0. The zero-order valence-electron chi connectivity index (χ0n) is 15.5. The lowest BCUT2D eigenvalue weighted by molar-refractivity contribution is 0.707. The van der Waals surface area contributed by atoms with Crippen LogP contribution < -0.4 is 15.5 Å². The molecule has 2 heterocycles. The molecule has 0 saturated heterocycles. The van der Waals surface area contributed by atoms with Crippen LogP contribution in [0.3, 0.4) is 0 Å². The van der Waals surface area contributed by atoms with Gasteiger partial charge in [0.05, 0.1) is 5.36 Å². The zero-order chi connectivity index (χ0) is 18.8. The number of benzene rings is 2. The molecule has 0 aliphatic carbocycles. The summed E-state index contributed by atoms with van der Waals surface area (Å²) in [5.41, 5.74) is 3.56. The Hall–Kier alpha value is -2.46. The molecule has 2 unspecified atom stereocenters. The van der Waals surface area contributed by atoms with Gasteiger partial charge >= 0.3 is 0 Å². The molecule has 136 valence electrons. The number of para-hydroxylation sites is 1. The third-order valence-electron chi connectivity index (χ3n) is 5.14. The van der Waals surface area contributed by atoms with Crippen molar-refractivity contribution in [3.63, 3.8) is 0 Å². The number of hydrogen-bond acceptors (Lipinski definition) is 3. The highest BCUT2D eigenvalue weighted by molar-refractivity contribution is 9.10. The quantitative estimate of drug-likeness (QED) is 0.599. The lowest BCUT2D eigenvalue weighted by atomic mass is 9.98. The van der Waals surface area contributed by atoms with Gasteiger partial charge in [-0.05, 0) is 58.1 Å². The lowest BCUT2D eigenvalue weighted by Crippen LogP contribution is -2.37. The number of rotatable bonds is 4. The van der Waals surface area contributed by atoms with E-state index in [0.717, 1.165) is 32.7 Å². The Labute approximate surface area is 168 Å². The van der Waals surface area contributed by atoms with E-state index < -0.39 is 0 Å². The molecule has 0 saturated carbocycles. The highest BCUT2D eigenvalue weighted by atomic mass is 79.9. The Morgan fingerprint density at radius 1 is 1.07 bits per heavy atom. The SMILES string of the molecule is CCC(C)c1ccc(N2C=c3ccccc3=NC2c2cncc(Br)c2)cc1. The van der Waals surface area contributed by atoms with E-state index in [2.05, 4.69) is 94.4 Å². The van der Waals surface area contributed by atoms with Crippen LogP contribution in [0, 0.1) is 0 Å². The van der Waals surface area contributed by atoms with Crippen molar-refractivity contribution < 1.29 is 0 Å². The molecule has 1 aliphatic rings. The van der Waals surface area contributed by atoms with Crippen molar-refractivity contribution in [3.8, 4) is 0 Å². The molecule has 27 heavy (non-hydrogen) atoms. The van der Waals surface area contributed by atoms with Gasteiger partial charge in [0.1, 0.15) is 0 Å². The van der Waals surface area contributed by atoms with Crippen LogP contribution in [0.15, 0.2) is 76.5 Å². The second-order valence-electron chi connectivity index (χ2n) is 6.94. The molecule has 0 amide bonds. The van der Waals surface area contributed by atoms with Gasteiger partial charge in [0.2, 0.25) is 0 Å². The van der Waals surface area contributed by atoms with E-state index in [1.54, 1.807) is 6.20 Å². The van der Waals surface area contributed by atoms with Crippen molar-refractivity contribution in [2.45, 2.75) is 32.4 Å². The first-order chi connectivity index (χ1) is 13.2. The molecular weight excluding hydrogens is 398 g/mol. The number of halogens is 1. The van der Waals surface area contributed by atoms with Crippen LogP contribution in [0.4, 0.5) is 5.69 Å². The molecule has 1 aromatic heterocycles. The van der Waals surface area contributed by atoms with E-state index in [1.165, 1.54) is 5.56 Å². The maximum Gasteiger partial charge on any atom is 0.153 e. The first kappa shape index (κ1) is 17.9. The molecule has 0 bridgehead atoms. The first-order valence-corrected chi connectivity index (χ1v) is 10.1. The average Bonchev–Trinajstić information content (AvgIpc) is 2.72. The lowest BCUT2D eigenvalue weighted by Gasteiger charge is -2.30. The summed E-state index contributed by atoms with van der Waals surface area (Å²) < 4.78 is 0.959. The number of fused-ring (bicyclic) bond motifs is 1. The van der Waals surface area contributed by atoms with Crippen molar-refractivity contribution in [3.05, 3.63) is 93.2 Å². The minimum atomic E-state index is -0.139. The molecular formula is C23H22BrN3. The summed E-state index contributed by atoms with van der Waals surface area (Å²) in [4.78, 5) is 11.6. The fourth-order valence-electron chi connectivity index (χ4n) is 3.36. The maximum absolute atomic E-state index is 5.02. The van der Waals surface area contributed by atoms with Gasteiger partial charge < -0.3 is 4.90 Å². The Kier molecular flexibility index (Phi) is 5.08. The van der Waals surface area contributed by atoms with Crippen LogP contribution >= 0.6 is 15.9 Å². The predicted molar refractivity (Wildman–Crippen MR) is 114 cm³/mol. The van der Waals surface area contributed by atoms with Gasteiger partial charge in [-0.3, -0.25) is 9.98 Å². The van der Waals surface area contributed by atoms with E-state index in [4.69, 9.17) is 4.99 Å². The number of pyridine rings is 1. The number of aromatic nitrogens is 1.